The first kappa shape index (κ1) is 13.9. The van der Waals surface area contributed by atoms with Gasteiger partial charge in [0.05, 0.1) is 26.9 Å². The Morgan fingerprint density at radius 3 is 2.68 bits per heavy atom. The van der Waals surface area contributed by atoms with Crippen LogP contribution in [0.25, 0.3) is 0 Å². The molecule has 19 heavy (non-hydrogen) atoms. The Bertz CT molecular complexity index is 518. The highest BCUT2D eigenvalue weighted by atomic mass is 16.5. The summed E-state index contributed by atoms with van der Waals surface area (Å²) in [5.41, 5.74) is 4.55. The van der Waals surface area contributed by atoms with Gasteiger partial charge in [0.15, 0.2) is 0 Å². The van der Waals surface area contributed by atoms with Gasteiger partial charge in [0.1, 0.15) is 11.5 Å². The van der Waals surface area contributed by atoms with Crippen LogP contribution in [0.1, 0.15) is 29.2 Å². The fourth-order valence-electron chi connectivity index (χ4n) is 2.43. The molecule has 0 radical (unpaired) electrons. The Morgan fingerprint density at radius 2 is 2.05 bits per heavy atom. The summed E-state index contributed by atoms with van der Waals surface area (Å²) < 4.78 is 10.8. The van der Waals surface area contributed by atoms with Crippen LogP contribution in [0.4, 0.5) is 0 Å². The van der Waals surface area contributed by atoms with E-state index in [9.17, 15) is 5.11 Å². The summed E-state index contributed by atoms with van der Waals surface area (Å²) in [5, 5.41) is 19.4. The van der Waals surface area contributed by atoms with E-state index in [0.717, 1.165) is 27.8 Å². The lowest BCUT2D eigenvalue weighted by molar-refractivity contribution is 0.133. The molecule has 2 N–H and O–H groups in total. The number of fused-ring (bicyclic) bond motifs is 1. The van der Waals surface area contributed by atoms with Gasteiger partial charge in [-0.05, 0) is 31.4 Å². The van der Waals surface area contributed by atoms with Crippen LogP contribution in [0.2, 0.25) is 0 Å². The van der Waals surface area contributed by atoms with Gasteiger partial charge >= 0.3 is 0 Å². The van der Waals surface area contributed by atoms with Crippen LogP contribution in [0.5, 0.6) is 11.5 Å². The van der Waals surface area contributed by atoms with Crippen molar-refractivity contribution in [2.45, 2.75) is 33.5 Å². The second-order valence-corrected chi connectivity index (χ2v) is 4.85. The van der Waals surface area contributed by atoms with E-state index >= 15 is 0 Å². The fraction of sp³-hybridized carbons (Fsp3) is 0.467. The first-order chi connectivity index (χ1) is 9.10. The highest BCUT2D eigenvalue weighted by molar-refractivity contribution is 5.59. The molecule has 1 heterocycles. The number of phenols is 1. The van der Waals surface area contributed by atoms with E-state index in [4.69, 9.17) is 14.6 Å². The van der Waals surface area contributed by atoms with Gasteiger partial charge in [-0.25, -0.2) is 0 Å². The molecule has 2 rings (SSSR count). The molecular weight excluding hydrogens is 244 g/mol. The van der Waals surface area contributed by atoms with Crippen LogP contribution in [0.15, 0.2) is 11.6 Å². The van der Waals surface area contributed by atoms with Crippen molar-refractivity contribution < 1.29 is 19.7 Å². The summed E-state index contributed by atoms with van der Waals surface area (Å²) in [6.45, 7) is 4.83. The van der Waals surface area contributed by atoms with E-state index in [1.54, 1.807) is 7.11 Å². The second-order valence-electron chi connectivity index (χ2n) is 4.85. The lowest BCUT2D eigenvalue weighted by Crippen LogP contribution is -2.01. The number of benzene rings is 1. The molecule has 104 valence electrons. The number of allylic oxidation sites excluding steroid dienone is 1. The molecule has 1 aromatic carbocycles. The number of aliphatic hydroxyl groups is 1. The summed E-state index contributed by atoms with van der Waals surface area (Å²) in [5.74, 6) is 0.973. The van der Waals surface area contributed by atoms with Gasteiger partial charge in [0.25, 0.3) is 0 Å². The van der Waals surface area contributed by atoms with Crippen LogP contribution in [0.3, 0.4) is 0 Å². The van der Waals surface area contributed by atoms with Crippen LogP contribution in [-0.2, 0) is 24.4 Å². The van der Waals surface area contributed by atoms with Crippen LogP contribution in [0, 0.1) is 6.92 Å². The predicted octanol–water partition coefficient (Wildman–Crippen LogP) is 2.22. The molecular formula is C15H20O4. The van der Waals surface area contributed by atoms with E-state index in [1.807, 2.05) is 19.9 Å². The summed E-state index contributed by atoms with van der Waals surface area (Å²) >= 11 is 0. The predicted molar refractivity (Wildman–Crippen MR) is 72.4 cm³/mol. The van der Waals surface area contributed by atoms with Gasteiger partial charge in [-0.1, -0.05) is 11.6 Å². The van der Waals surface area contributed by atoms with Crippen molar-refractivity contribution in [1.29, 1.82) is 0 Å². The Balaban J connectivity index is 2.50. The number of methoxy groups -OCH3 is 1. The van der Waals surface area contributed by atoms with Gasteiger partial charge in [0, 0.05) is 11.1 Å². The number of hydrogen-bond donors (Lipinski definition) is 2. The minimum absolute atomic E-state index is 0.0239. The van der Waals surface area contributed by atoms with Crippen molar-refractivity contribution in [3.8, 4) is 11.5 Å². The molecule has 0 amide bonds. The Hall–Kier alpha value is -1.52. The zero-order valence-corrected chi connectivity index (χ0v) is 11.6. The van der Waals surface area contributed by atoms with Gasteiger partial charge in [-0.3, -0.25) is 0 Å². The third-order valence-corrected chi connectivity index (χ3v) is 3.60. The molecule has 1 aliphatic rings. The SMILES string of the molecule is COc1c(C)c2c(c(O)c1CC=C(C)CO)COC2. The number of rotatable bonds is 4. The van der Waals surface area contributed by atoms with E-state index < -0.39 is 0 Å². The minimum atomic E-state index is 0.0239. The number of ether oxygens (including phenoxy) is 2. The highest BCUT2D eigenvalue weighted by Crippen LogP contribution is 2.41. The number of aromatic hydroxyl groups is 1. The quantitative estimate of drug-likeness (QED) is 0.819. The van der Waals surface area contributed by atoms with E-state index in [2.05, 4.69) is 0 Å². The second kappa shape index (κ2) is 5.63. The number of hydrogen-bond acceptors (Lipinski definition) is 4. The zero-order chi connectivity index (χ0) is 14.0. The fourth-order valence-corrected chi connectivity index (χ4v) is 2.43. The molecule has 0 atom stereocenters. The van der Waals surface area contributed by atoms with Crippen molar-refractivity contribution in [2.75, 3.05) is 13.7 Å². The standard InChI is InChI=1S/C15H20O4/c1-9(6-16)4-5-11-14(17)13-8-19-7-12(13)10(2)15(11)18-3/h4,16-17H,5-8H2,1-3H3. The van der Waals surface area contributed by atoms with Crippen molar-refractivity contribution >= 4 is 0 Å². The molecule has 0 saturated heterocycles. The molecule has 0 aliphatic carbocycles. The summed E-state index contributed by atoms with van der Waals surface area (Å²) in [7, 11) is 1.61. The summed E-state index contributed by atoms with van der Waals surface area (Å²) in [4.78, 5) is 0. The summed E-state index contributed by atoms with van der Waals surface area (Å²) in [6, 6.07) is 0. The highest BCUT2D eigenvalue weighted by Gasteiger charge is 2.25. The van der Waals surface area contributed by atoms with Crippen molar-refractivity contribution in [3.05, 3.63) is 33.9 Å². The lowest BCUT2D eigenvalue weighted by atomic mass is 9.95. The van der Waals surface area contributed by atoms with Crippen LogP contribution in [-0.4, -0.2) is 23.9 Å². The Morgan fingerprint density at radius 1 is 1.37 bits per heavy atom. The third kappa shape index (κ3) is 2.46. The molecule has 0 spiro atoms. The minimum Gasteiger partial charge on any atom is -0.507 e. The van der Waals surface area contributed by atoms with Gasteiger partial charge in [-0.15, -0.1) is 0 Å². The normalized spacial score (nSPS) is 14.6. The van der Waals surface area contributed by atoms with Gasteiger partial charge < -0.3 is 19.7 Å². The maximum absolute atomic E-state index is 10.4. The van der Waals surface area contributed by atoms with Crippen molar-refractivity contribution in [1.82, 2.24) is 0 Å². The third-order valence-electron chi connectivity index (χ3n) is 3.60. The van der Waals surface area contributed by atoms with Crippen molar-refractivity contribution in [3.63, 3.8) is 0 Å². The molecule has 0 aromatic heterocycles. The molecule has 1 aromatic rings. The maximum atomic E-state index is 10.4. The Labute approximate surface area is 113 Å². The first-order valence-corrected chi connectivity index (χ1v) is 6.34. The molecule has 0 unspecified atom stereocenters. The van der Waals surface area contributed by atoms with Crippen molar-refractivity contribution in [2.24, 2.45) is 0 Å². The summed E-state index contributed by atoms with van der Waals surface area (Å²) in [6.07, 6.45) is 2.44. The topological polar surface area (TPSA) is 58.9 Å². The monoisotopic (exact) mass is 264 g/mol. The van der Waals surface area contributed by atoms with E-state index in [-0.39, 0.29) is 12.4 Å². The van der Waals surface area contributed by atoms with E-state index in [1.165, 1.54) is 0 Å². The molecule has 0 fully saturated rings. The van der Waals surface area contributed by atoms with Gasteiger partial charge in [-0.2, -0.15) is 0 Å². The molecule has 4 heteroatoms. The maximum Gasteiger partial charge on any atom is 0.129 e. The smallest absolute Gasteiger partial charge is 0.129 e. The molecule has 4 nitrogen and oxygen atoms in total. The lowest BCUT2D eigenvalue weighted by Gasteiger charge is -2.16. The average Bonchev–Trinajstić information content (AvgIpc) is 2.90. The zero-order valence-electron chi connectivity index (χ0n) is 11.6. The van der Waals surface area contributed by atoms with Crippen LogP contribution < -0.4 is 4.74 Å². The molecule has 0 bridgehead atoms. The van der Waals surface area contributed by atoms with Gasteiger partial charge in [0.2, 0.25) is 0 Å². The first-order valence-electron chi connectivity index (χ1n) is 6.34. The largest absolute Gasteiger partial charge is 0.507 e. The molecule has 0 saturated carbocycles. The molecule has 1 aliphatic heterocycles. The van der Waals surface area contributed by atoms with Crippen LogP contribution >= 0.6 is 0 Å². The van der Waals surface area contributed by atoms with E-state index in [0.29, 0.717) is 25.4 Å². The number of aliphatic hydroxyl groups excluding tert-OH is 1. The number of phenolic OH excluding ortho intramolecular Hbond substituents is 1. The Kier molecular flexibility index (Phi) is 4.12. The average molecular weight is 264 g/mol.